The van der Waals surface area contributed by atoms with Crippen molar-refractivity contribution >= 4 is 21.6 Å². The maximum atomic E-state index is 12.2. The molecule has 22 heavy (non-hydrogen) atoms. The summed E-state index contributed by atoms with van der Waals surface area (Å²) in [5, 5.41) is 2.74. The highest BCUT2D eigenvalue weighted by Gasteiger charge is 2.14. The number of carbonyl (C=O) groups is 1. The van der Waals surface area contributed by atoms with Crippen molar-refractivity contribution in [1.29, 1.82) is 0 Å². The average Bonchev–Trinajstić information content (AvgIpc) is 2.53. The fourth-order valence-electron chi connectivity index (χ4n) is 1.85. The lowest BCUT2D eigenvalue weighted by Gasteiger charge is -2.09. The molecule has 0 aliphatic rings. The van der Waals surface area contributed by atoms with Crippen LogP contribution in [0.3, 0.4) is 0 Å². The average molecular weight is 318 g/mol. The Kier molecular flexibility index (Phi) is 5.16. The van der Waals surface area contributed by atoms with Crippen LogP contribution >= 0.6 is 0 Å². The lowest BCUT2D eigenvalue weighted by Crippen LogP contribution is -2.24. The molecule has 2 aromatic rings. The van der Waals surface area contributed by atoms with E-state index in [2.05, 4.69) is 10.0 Å². The second kappa shape index (κ2) is 7.09. The molecule has 2 N–H and O–H groups in total. The van der Waals surface area contributed by atoms with Gasteiger partial charge in [0, 0.05) is 17.8 Å². The summed E-state index contributed by atoms with van der Waals surface area (Å²) in [5.41, 5.74) is 0.930. The Morgan fingerprint density at radius 3 is 2.23 bits per heavy atom. The zero-order valence-electron chi connectivity index (χ0n) is 12.2. The molecule has 0 bridgehead atoms. The molecule has 6 heteroatoms. The summed E-state index contributed by atoms with van der Waals surface area (Å²) in [7, 11) is -3.65. The van der Waals surface area contributed by atoms with Crippen LogP contribution < -0.4 is 10.0 Å². The minimum atomic E-state index is -3.65. The molecule has 0 fully saturated rings. The van der Waals surface area contributed by atoms with Crippen molar-refractivity contribution in [3.05, 3.63) is 60.2 Å². The number of rotatable bonds is 6. The Balaban J connectivity index is 2.14. The number of benzene rings is 2. The zero-order valence-corrected chi connectivity index (χ0v) is 13.1. The lowest BCUT2D eigenvalue weighted by molar-refractivity contribution is 0.0953. The zero-order chi connectivity index (χ0) is 16.0. The monoisotopic (exact) mass is 318 g/mol. The highest BCUT2D eigenvalue weighted by molar-refractivity contribution is 7.92. The predicted octanol–water partition coefficient (Wildman–Crippen LogP) is 2.63. The van der Waals surface area contributed by atoms with Gasteiger partial charge in [-0.3, -0.25) is 9.52 Å². The van der Waals surface area contributed by atoms with E-state index in [1.54, 1.807) is 24.3 Å². The fraction of sp³-hybridized carbons (Fsp3) is 0.188. The quantitative estimate of drug-likeness (QED) is 0.859. The van der Waals surface area contributed by atoms with Crippen molar-refractivity contribution in [3.8, 4) is 0 Å². The van der Waals surface area contributed by atoms with Gasteiger partial charge in [-0.2, -0.15) is 0 Å². The molecule has 1 amide bonds. The SMILES string of the molecule is CCCNC(=O)c1ccc(S(=O)(=O)Nc2ccccc2)cc1. The van der Waals surface area contributed by atoms with Crippen molar-refractivity contribution in [2.24, 2.45) is 0 Å². The summed E-state index contributed by atoms with van der Waals surface area (Å²) in [6.45, 7) is 2.56. The van der Waals surface area contributed by atoms with Crippen LogP contribution in [0.5, 0.6) is 0 Å². The lowest BCUT2D eigenvalue weighted by atomic mass is 10.2. The Morgan fingerprint density at radius 2 is 1.64 bits per heavy atom. The number of hydrogen-bond donors (Lipinski definition) is 2. The van der Waals surface area contributed by atoms with Crippen molar-refractivity contribution in [3.63, 3.8) is 0 Å². The molecule has 2 aromatic carbocycles. The predicted molar refractivity (Wildman–Crippen MR) is 86.3 cm³/mol. The second-order valence-corrected chi connectivity index (χ2v) is 6.43. The number of sulfonamides is 1. The molecule has 0 atom stereocenters. The van der Waals surface area contributed by atoms with Gasteiger partial charge in [0.25, 0.3) is 15.9 Å². The first-order chi connectivity index (χ1) is 10.5. The van der Waals surface area contributed by atoms with E-state index in [0.717, 1.165) is 6.42 Å². The summed E-state index contributed by atoms with van der Waals surface area (Å²) in [6.07, 6.45) is 0.846. The highest BCUT2D eigenvalue weighted by Crippen LogP contribution is 2.16. The van der Waals surface area contributed by atoms with E-state index in [1.165, 1.54) is 24.3 Å². The molecule has 0 unspecified atom stereocenters. The molecule has 0 aromatic heterocycles. The molecule has 0 aliphatic heterocycles. The molecular formula is C16H18N2O3S. The number of amides is 1. The Bertz CT molecular complexity index is 726. The molecule has 0 saturated heterocycles. The van der Waals surface area contributed by atoms with Crippen LogP contribution in [-0.4, -0.2) is 20.9 Å². The van der Waals surface area contributed by atoms with Crippen LogP contribution in [0.15, 0.2) is 59.5 Å². The third-order valence-corrected chi connectivity index (χ3v) is 4.39. The highest BCUT2D eigenvalue weighted by atomic mass is 32.2. The van der Waals surface area contributed by atoms with Crippen molar-refractivity contribution in [1.82, 2.24) is 5.32 Å². The minimum absolute atomic E-state index is 0.114. The van der Waals surface area contributed by atoms with Crippen molar-refractivity contribution < 1.29 is 13.2 Å². The van der Waals surface area contributed by atoms with Crippen LogP contribution in [0, 0.1) is 0 Å². The summed E-state index contributed by atoms with van der Waals surface area (Å²) >= 11 is 0. The third kappa shape index (κ3) is 4.08. The molecule has 0 aliphatic carbocycles. The first-order valence-corrected chi connectivity index (χ1v) is 8.47. The van der Waals surface area contributed by atoms with Gasteiger partial charge in [0.15, 0.2) is 0 Å². The fourth-order valence-corrected chi connectivity index (χ4v) is 2.90. The van der Waals surface area contributed by atoms with Crippen molar-refractivity contribution in [2.45, 2.75) is 18.2 Å². The van der Waals surface area contributed by atoms with Gasteiger partial charge in [0.05, 0.1) is 4.90 Å². The summed E-state index contributed by atoms with van der Waals surface area (Å²) in [5.74, 6) is -0.207. The van der Waals surface area contributed by atoms with Crippen LogP contribution in [-0.2, 0) is 10.0 Å². The van der Waals surface area contributed by atoms with Crippen LogP contribution in [0.1, 0.15) is 23.7 Å². The van der Waals surface area contributed by atoms with Gasteiger partial charge in [0.1, 0.15) is 0 Å². The smallest absolute Gasteiger partial charge is 0.261 e. The molecule has 0 radical (unpaired) electrons. The molecule has 5 nitrogen and oxygen atoms in total. The molecule has 0 saturated carbocycles. The number of carbonyl (C=O) groups excluding carboxylic acids is 1. The number of para-hydroxylation sites is 1. The van der Waals surface area contributed by atoms with E-state index in [4.69, 9.17) is 0 Å². The van der Waals surface area contributed by atoms with E-state index < -0.39 is 10.0 Å². The standard InChI is InChI=1S/C16H18N2O3S/c1-2-12-17-16(19)13-8-10-15(11-9-13)22(20,21)18-14-6-4-3-5-7-14/h3-11,18H,2,12H2,1H3,(H,17,19). The van der Waals surface area contributed by atoms with Gasteiger partial charge in [-0.1, -0.05) is 25.1 Å². The van der Waals surface area contributed by atoms with E-state index in [1.807, 2.05) is 13.0 Å². The molecule has 0 heterocycles. The van der Waals surface area contributed by atoms with Crippen molar-refractivity contribution in [2.75, 3.05) is 11.3 Å². The number of anilines is 1. The van der Waals surface area contributed by atoms with E-state index in [9.17, 15) is 13.2 Å². The van der Waals surface area contributed by atoms with Gasteiger partial charge in [0.2, 0.25) is 0 Å². The summed E-state index contributed by atoms with van der Waals surface area (Å²) in [6, 6.07) is 14.5. The Morgan fingerprint density at radius 1 is 1.00 bits per heavy atom. The largest absolute Gasteiger partial charge is 0.352 e. The summed E-state index contributed by atoms with van der Waals surface area (Å²) < 4.78 is 27.0. The van der Waals surface area contributed by atoms with Crippen LogP contribution in [0.2, 0.25) is 0 Å². The van der Waals surface area contributed by atoms with Gasteiger partial charge >= 0.3 is 0 Å². The van der Waals surface area contributed by atoms with Gasteiger partial charge < -0.3 is 5.32 Å². The van der Waals surface area contributed by atoms with Crippen LogP contribution in [0.25, 0.3) is 0 Å². The first-order valence-electron chi connectivity index (χ1n) is 6.99. The third-order valence-electron chi connectivity index (χ3n) is 2.99. The van der Waals surface area contributed by atoms with E-state index in [0.29, 0.717) is 17.8 Å². The van der Waals surface area contributed by atoms with E-state index >= 15 is 0 Å². The Labute approximate surface area is 130 Å². The maximum absolute atomic E-state index is 12.2. The first kappa shape index (κ1) is 16.0. The second-order valence-electron chi connectivity index (χ2n) is 4.75. The molecule has 116 valence electrons. The van der Waals surface area contributed by atoms with Gasteiger partial charge in [-0.25, -0.2) is 8.42 Å². The molecular weight excluding hydrogens is 300 g/mol. The number of nitrogens with one attached hydrogen (secondary N) is 2. The van der Waals surface area contributed by atoms with Gasteiger partial charge in [-0.15, -0.1) is 0 Å². The summed E-state index contributed by atoms with van der Waals surface area (Å²) in [4.78, 5) is 11.9. The molecule has 2 rings (SSSR count). The minimum Gasteiger partial charge on any atom is -0.352 e. The number of hydrogen-bond acceptors (Lipinski definition) is 3. The van der Waals surface area contributed by atoms with Crippen LogP contribution in [0.4, 0.5) is 5.69 Å². The van der Waals surface area contributed by atoms with Gasteiger partial charge in [-0.05, 0) is 42.8 Å². The maximum Gasteiger partial charge on any atom is 0.261 e. The topological polar surface area (TPSA) is 75.3 Å². The normalized spacial score (nSPS) is 11.0. The Hall–Kier alpha value is -2.34. The molecule has 0 spiro atoms. The van der Waals surface area contributed by atoms with E-state index in [-0.39, 0.29) is 10.8 Å².